The van der Waals surface area contributed by atoms with Crippen LogP contribution >= 0.6 is 0 Å². The molecule has 0 bridgehead atoms. The van der Waals surface area contributed by atoms with Gasteiger partial charge in [0.05, 0.1) is 18.5 Å². The third kappa shape index (κ3) is 4.26. The van der Waals surface area contributed by atoms with Crippen molar-refractivity contribution in [3.63, 3.8) is 0 Å². The molecule has 2 rings (SSSR count). The van der Waals surface area contributed by atoms with Gasteiger partial charge < -0.3 is 10.1 Å². The zero-order valence-corrected chi connectivity index (χ0v) is 13.7. The van der Waals surface area contributed by atoms with E-state index in [1.807, 2.05) is 45.2 Å². The molecule has 1 aromatic rings. The summed E-state index contributed by atoms with van der Waals surface area (Å²) in [7, 11) is -1.42. The normalized spacial score (nSPS) is 24.1. The molecule has 1 aromatic carbocycles. The Morgan fingerprint density at radius 1 is 1.24 bits per heavy atom. The number of nitrogens with zero attached hydrogens (tertiary/aromatic N) is 1. The van der Waals surface area contributed by atoms with E-state index in [2.05, 4.69) is 5.32 Å². The summed E-state index contributed by atoms with van der Waals surface area (Å²) in [5.74, 6) is 0.0455. The lowest BCUT2D eigenvalue weighted by Gasteiger charge is -2.35. The quantitative estimate of drug-likeness (QED) is 0.891. The van der Waals surface area contributed by atoms with Crippen LogP contribution in [0.2, 0.25) is 0 Å². The highest BCUT2D eigenvalue weighted by atomic mass is 32.2. The van der Waals surface area contributed by atoms with E-state index in [1.54, 1.807) is 4.31 Å². The van der Waals surface area contributed by atoms with Crippen molar-refractivity contribution >= 4 is 10.0 Å². The highest BCUT2D eigenvalue weighted by molar-refractivity contribution is 7.88. The fourth-order valence-corrected chi connectivity index (χ4v) is 4.34. The second-order valence-electron chi connectivity index (χ2n) is 5.67. The molecular formula is C15H24N2O3S. The van der Waals surface area contributed by atoms with Crippen LogP contribution in [0.1, 0.15) is 25.0 Å². The third-order valence-electron chi connectivity index (χ3n) is 3.66. The molecule has 2 unspecified atom stereocenters. The van der Waals surface area contributed by atoms with Crippen molar-refractivity contribution in [1.29, 1.82) is 0 Å². The van der Waals surface area contributed by atoms with Gasteiger partial charge in [0.2, 0.25) is 10.0 Å². The Kier molecular flexibility index (Phi) is 5.37. The molecule has 1 heterocycles. The molecule has 5 nitrogen and oxygen atoms in total. The lowest BCUT2D eigenvalue weighted by atomic mass is 10.1. The van der Waals surface area contributed by atoms with Crippen LogP contribution in [0, 0.1) is 0 Å². The molecule has 0 saturated carbocycles. The summed E-state index contributed by atoms with van der Waals surface area (Å²) >= 11 is 0. The van der Waals surface area contributed by atoms with Crippen LogP contribution in [0.4, 0.5) is 0 Å². The van der Waals surface area contributed by atoms with Crippen LogP contribution in [-0.2, 0) is 27.1 Å². The van der Waals surface area contributed by atoms with Crippen molar-refractivity contribution in [2.24, 2.45) is 0 Å². The minimum absolute atomic E-state index is 0.0455. The minimum Gasteiger partial charge on any atom is -0.375 e. The molecule has 1 fully saturated rings. The van der Waals surface area contributed by atoms with E-state index in [0.29, 0.717) is 13.2 Å². The minimum atomic E-state index is -3.31. The van der Waals surface area contributed by atoms with E-state index >= 15 is 0 Å². The zero-order valence-electron chi connectivity index (χ0n) is 12.9. The first-order chi connectivity index (χ1) is 9.92. The maximum Gasteiger partial charge on any atom is 0.218 e. The Labute approximate surface area is 127 Å². The first-order valence-corrected chi connectivity index (χ1v) is 8.87. The molecule has 6 heteroatoms. The summed E-state index contributed by atoms with van der Waals surface area (Å²) in [6.07, 6.45) is -0.0472. The molecule has 0 aromatic heterocycles. The van der Waals surface area contributed by atoms with Crippen LogP contribution < -0.4 is 5.32 Å². The van der Waals surface area contributed by atoms with Gasteiger partial charge in [0, 0.05) is 19.1 Å². The fraction of sp³-hybridized carbons (Fsp3) is 0.600. The second-order valence-corrected chi connectivity index (χ2v) is 7.59. The Morgan fingerprint density at radius 2 is 1.86 bits per heavy atom. The summed E-state index contributed by atoms with van der Waals surface area (Å²) in [5, 5.41) is 3.07. The lowest BCUT2D eigenvalue weighted by molar-refractivity contribution is -0.0171. The average molecular weight is 312 g/mol. The lowest BCUT2D eigenvalue weighted by Crippen LogP contribution is -2.50. The molecule has 0 aliphatic carbocycles. The molecule has 118 valence electrons. The molecule has 0 spiro atoms. The number of benzene rings is 1. The maximum atomic E-state index is 12.6. The van der Waals surface area contributed by atoms with E-state index in [1.165, 1.54) is 0 Å². The third-order valence-corrected chi connectivity index (χ3v) is 5.58. The number of sulfonamides is 1. The van der Waals surface area contributed by atoms with Crippen molar-refractivity contribution < 1.29 is 13.2 Å². The Morgan fingerprint density at radius 3 is 2.48 bits per heavy atom. The summed E-state index contributed by atoms with van der Waals surface area (Å²) in [6.45, 7) is 5.47. The van der Waals surface area contributed by atoms with Gasteiger partial charge in [0.15, 0.2) is 0 Å². The van der Waals surface area contributed by atoms with Gasteiger partial charge >= 0.3 is 0 Å². The smallest absolute Gasteiger partial charge is 0.218 e. The maximum absolute atomic E-state index is 12.6. The summed E-state index contributed by atoms with van der Waals surface area (Å²) in [4.78, 5) is 0. The number of morpholine rings is 1. The van der Waals surface area contributed by atoms with Gasteiger partial charge in [-0.25, -0.2) is 8.42 Å². The number of hydrogen-bond donors (Lipinski definition) is 1. The summed E-state index contributed by atoms with van der Waals surface area (Å²) in [5.41, 5.74) is 1.97. The van der Waals surface area contributed by atoms with Crippen molar-refractivity contribution in [2.75, 3.05) is 20.2 Å². The average Bonchev–Trinajstić information content (AvgIpc) is 2.43. The predicted molar refractivity (Wildman–Crippen MR) is 83.4 cm³/mol. The van der Waals surface area contributed by atoms with Gasteiger partial charge in [0.25, 0.3) is 0 Å². The molecule has 0 amide bonds. The first kappa shape index (κ1) is 16.4. The predicted octanol–water partition coefficient (Wildman–Crippen LogP) is 1.34. The van der Waals surface area contributed by atoms with Crippen LogP contribution in [0.3, 0.4) is 0 Å². The van der Waals surface area contributed by atoms with Gasteiger partial charge in [0.1, 0.15) is 0 Å². The molecule has 0 radical (unpaired) electrons. The standard InChI is InChI=1S/C15H24N2O3S/c1-12-10-20-13(2)9-17(12)21(18,19)11-15-6-4-14(5-7-15)8-16-3/h4-7,12-13,16H,8-11H2,1-3H3. The number of hydrogen-bond acceptors (Lipinski definition) is 4. The van der Waals surface area contributed by atoms with E-state index in [4.69, 9.17) is 4.74 Å². The van der Waals surface area contributed by atoms with Crippen LogP contribution in [0.15, 0.2) is 24.3 Å². The Balaban J connectivity index is 2.09. The van der Waals surface area contributed by atoms with E-state index in [9.17, 15) is 8.42 Å². The highest BCUT2D eigenvalue weighted by Crippen LogP contribution is 2.19. The summed E-state index contributed by atoms with van der Waals surface area (Å²) in [6, 6.07) is 7.60. The molecule has 1 aliphatic rings. The summed E-state index contributed by atoms with van der Waals surface area (Å²) < 4.78 is 32.2. The topological polar surface area (TPSA) is 58.6 Å². The number of nitrogens with one attached hydrogen (secondary N) is 1. The van der Waals surface area contributed by atoms with Crippen molar-refractivity contribution in [2.45, 2.75) is 38.3 Å². The van der Waals surface area contributed by atoms with Gasteiger partial charge in [-0.05, 0) is 32.0 Å². The monoisotopic (exact) mass is 312 g/mol. The van der Waals surface area contributed by atoms with Crippen molar-refractivity contribution in [3.05, 3.63) is 35.4 Å². The van der Waals surface area contributed by atoms with Gasteiger partial charge in [-0.15, -0.1) is 0 Å². The van der Waals surface area contributed by atoms with Crippen molar-refractivity contribution in [1.82, 2.24) is 9.62 Å². The number of rotatable bonds is 5. The van der Waals surface area contributed by atoms with Crippen LogP contribution in [0.5, 0.6) is 0 Å². The van der Waals surface area contributed by atoms with E-state index in [-0.39, 0.29) is 17.9 Å². The van der Waals surface area contributed by atoms with Crippen molar-refractivity contribution in [3.8, 4) is 0 Å². The van der Waals surface area contributed by atoms with Crippen LogP contribution in [0.25, 0.3) is 0 Å². The van der Waals surface area contributed by atoms with Gasteiger partial charge in [-0.1, -0.05) is 24.3 Å². The first-order valence-electron chi connectivity index (χ1n) is 7.26. The molecule has 1 saturated heterocycles. The Hall–Kier alpha value is -0.950. The van der Waals surface area contributed by atoms with E-state index in [0.717, 1.165) is 17.7 Å². The molecular weight excluding hydrogens is 288 g/mol. The van der Waals surface area contributed by atoms with Crippen LogP contribution in [-0.4, -0.2) is 45.1 Å². The van der Waals surface area contributed by atoms with Gasteiger partial charge in [-0.3, -0.25) is 0 Å². The largest absolute Gasteiger partial charge is 0.375 e. The fourth-order valence-electron chi connectivity index (χ4n) is 2.51. The highest BCUT2D eigenvalue weighted by Gasteiger charge is 2.32. The van der Waals surface area contributed by atoms with E-state index < -0.39 is 10.0 Å². The molecule has 21 heavy (non-hydrogen) atoms. The number of ether oxygens (including phenoxy) is 1. The zero-order chi connectivity index (χ0) is 15.5. The van der Waals surface area contributed by atoms with Gasteiger partial charge in [-0.2, -0.15) is 4.31 Å². The molecule has 1 N–H and O–H groups in total. The SMILES string of the molecule is CNCc1ccc(CS(=O)(=O)N2CC(C)OCC2C)cc1. The molecule has 1 aliphatic heterocycles. The molecule has 2 atom stereocenters. The Bertz CT molecular complexity index is 557. The second kappa shape index (κ2) is 6.87.